The first-order valence-corrected chi connectivity index (χ1v) is 7.21. The van der Waals surface area contributed by atoms with Crippen LogP contribution in [0, 0.1) is 13.8 Å². The first-order chi connectivity index (χ1) is 9.38. The predicted octanol–water partition coefficient (Wildman–Crippen LogP) is 1.09. The molecule has 2 heterocycles. The maximum Gasteiger partial charge on any atom is 0.326 e. The number of aliphatic carboxylic acids is 1. The van der Waals surface area contributed by atoms with E-state index < -0.39 is 24.1 Å². The van der Waals surface area contributed by atoms with E-state index in [-0.39, 0.29) is 13.0 Å². The van der Waals surface area contributed by atoms with Gasteiger partial charge in [-0.15, -0.1) is 11.3 Å². The summed E-state index contributed by atoms with van der Waals surface area (Å²) in [6, 6.07) is 0.614. The highest BCUT2D eigenvalue weighted by Gasteiger charge is 2.38. The molecule has 0 aliphatic carbocycles. The lowest BCUT2D eigenvalue weighted by Gasteiger charge is -2.21. The third kappa shape index (κ3) is 3.10. The fraction of sp³-hybridized carbons (Fsp3) is 0.538. The molecule has 1 fully saturated rings. The van der Waals surface area contributed by atoms with Gasteiger partial charge < -0.3 is 20.4 Å². The molecular weight excluding hydrogens is 280 g/mol. The monoisotopic (exact) mass is 298 g/mol. The average molecular weight is 298 g/mol. The zero-order chi connectivity index (χ0) is 14.9. The predicted molar refractivity (Wildman–Crippen MR) is 74.8 cm³/mol. The van der Waals surface area contributed by atoms with Crippen molar-refractivity contribution in [2.24, 2.45) is 0 Å². The molecule has 2 unspecified atom stereocenters. The molecule has 3 N–H and O–H groups in total. The van der Waals surface area contributed by atoms with Gasteiger partial charge in [0, 0.05) is 22.7 Å². The van der Waals surface area contributed by atoms with Crippen LogP contribution in [0.25, 0.3) is 0 Å². The number of nitrogens with zero attached hydrogens (tertiary/aromatic N) is 1. The largest absolute Gasteiger partial charge is 0.480 e. The summed E-state index contributed by atoms with van der Waals surface area (Å²) in [4.78, 5) is 26.5. The molecule has 7 heteroatoms. The average Bonchev–Trinajstić information content (AvgIpc) is 2.91. The van der Waals surface area contributed by atoms with Crippen LogP contribution in [0.5, 0.6) is 0 Å². The highest BCUT2D eigenvalue weighted by molar-refractivity contribution is 7.12. The second-order valence-corrected chi connectivity index (χ2v) is 6.35. The molecule has 1 aromatic heterocycles. The highest BCUT2D eigenvalue weighted by Crippen LogP contribution is 2.21. The Morgan fingerprint density at radius 1 is 1.50 bits per heavy atom. The smallest absolute Gasteiger partial charge is 0.326 e. The van der Waals surface area contributed by atoms with Crippen LogP contribution in [0.2, 0.25) is 0 Å². The van der Waals surface area contributed by atoms with E-state index in [9.17, 15) is 14.7 Å². The van der Waals surface area contributed by atoms with Crippen LogP contribution in [0.4, 0.5) is 4.79 Å². The molecule has 1 aliphatic rings. The number of amides is 2. The molecule has 0 aromatic carbocycles. The van der Waals surface area contributed by atoms with E-state index in [1.54, 1.807) is 11.3 Å². The van der Waals surface area contributed by atoms with Crippen molar-refractivity contribution < 1.29 is 19.8 Å². The van der Waals surface area contributed by atoms with E-state index in [4.69, 9.17) is 5.11 Å². The SMILES string of the molecule is Cc1cc(CNC(=O)N2CC(O)CC2C(=O)O)sc1C. The minimum Gasteiger partial charge on any atom is -0.480 e. The number of likely N-dealkylation sites (tertiary alicyclic amines) is 1. The van der Waals surface area contributed by atoms with Crippen LogP contribution in [-0.4, -0.2) is 45.8 Å². The van der Waals surface area contributed by atoms with Crippen molar-refractivity contribution in [3.63, 3.8) is 0 Å². The van der Waals surface area contributed by atoms with Crippen LogP contribution >= 0.6 is 11.3 Å². The number of thiophene rings is 1. The summed E-state index contributed by atoms with van der Waals surface area (Å²) in [6.07, 6.45) is -0.687. The Bertz CT molecular complexity index is 509. The van der Waals surface area contributed by atoms with Crippen LogP contribution in [0.15, 0.2) is 6.07 Å². The number of carboxylic acid groups (broad SMARTS) is 1. The van der Waals surface area contributed by atoms with E-state index in [2.05, 4.69) is 5.32 Å². The molecule has 1 aliphatic heterocycles. The van der Waals surface area contributed by atoms with Gasteiger partial charge in [-0.2, -0.15) is 0 Å². The van der Waals surface area contributed by atoms with Gasteiger partial charge in [0.1, 0.15) is 6.04 Å². The fourth-order valence-electron chi connectivity index (χ4n) is 2.27. The number of aliphatic hydroxyl groups is 1. The number of nitrogens with one attached hydrogen (secondary N) is 1. The lowest BCUT2D eigenvalue weighted by Crippen LogP contribution is -2.45. The van der Waals surface area contributed by atoms with Gasteiger partial charge in [-0.05, 0) is 25.5 Å². The van der Waals surface area contributed by atoms with Crippen molar-refractivity contribution in [3.8, 4) is 0 Å². The van der Waals surface area contributed by atoms with Crippen LogP contribution < -0.4 is 5.32 Å². The second kappa shape index (κ2) is 5.80. The van der Waals surface area contributed by atoms with Crippen molar-refractivity contribution >= 4 is 23.3 Å². The number of carbonyl (C=O) groups excluding carboxylic acids is 1. The van der Waals surface area contributed by atoms with Gasteiger partial charge in [0.2, 0.25) is 0 Å². The van der Waals surface area contributed by atoms with E-state index in [0.717, 1.165) is 4.88 Å². The molecule has 2 amide bonds. The summed E-state index contributed by atoms with van der Waals surface area (Å²) in [5, 5.41) is 21.3. The Labute approximate surface area is 121 Å². The number of hydrogen-bond donors (Lipinski definition) is 3. The number of β-amino-alcohol motifs (C(OH)–C–C–N with tert-alkyl or cyclic N) is 1. The molecule has 1 aromatic rings. The van der Waals surface area contributed by atoms with Gasteiger partial charge in [-0.3, -0.25) is 0 Å². The molecule has 0 bridgehead atoms. The minimum absolute atomic E-state index is 0.0608. The molecule has 0 saturated carbocycles. The molecule has 1 saturated heterocycles. The maximum absolute atomic E-state index is 12.0. The Balaban J connectivity index is 1.95. The molecule has 0 radical (unpaired) electrons. The first-order valence-electron chi connectivity index (χ1n) is 6.39. The van der Waals surface area contributed by atoms with E-state index >= 15 is 0 Å². The zero-order valence-electron chi connectivity index (χ0n) is 11.4. The molecule has 2 atom stereocenters. The van der Waals surface area contributed by atoms with Crippen molar-refractivity contribution in [1.82, 2.24) is 10.2 Å². The number of aliphatic hydroxyl groups excluding tert-OH is 1. The van der Waals surface area contributed by atoms with E-state index in [1.807, 2.05) is 19.9 Å². The Morgan fingerprint density at radius 3 is 2.75 bits per heavy atom. The third-order valence-corrected chi connectivity index (χ3v) is 4.61. The number of carbonyl (C=O) groups is 2. The lowest BCUT2D eigenvalue weighted by molar-refractivity contribution is -0.141. The van der Waals surface area contributed by atoms with Crippen LogP contribution in [-0.2, 0) is 11.3 Å². The first kappa shape index (κ1) is 14.8. The summed E-state index contributed by atoms with van der Waals surface area (Å²) >= 11 is 1.61. The van der Waals surface area contributed by atoms with Crippen LogP contribution in [0.3, 0.4) is 0 Å². The third-order valence-electron chi connectivity index (χ3n) is 3.46. The highest BCUT2D eigenvalue weighted by atomic mass is 32.1. The van der Waals surface area contributed by atoms with Crippen molar-refractivity contribution in [2.75, 3.05) is 6.54 Å². The number of aryl methyl sites for hydroxylation is 2. The van der Waals surface area contributed by atoms with Crippen molar-refractivity contribution in [3.05, 3.63) is 21.4 Å². The summed E-state index contributed by atoms with van der Waals surface area (Å²) in [6.45, 7) is 4.46. The van der Waals surface area contributed by atoms with Crippen molar-refractivity contribution in [2.45, 2.75) is 39.0 Å². The lowest BCUT2D eigenvalue weighted by atomic mass is 10.2. The number of hydrogen-bond acceptors (Lipinski definition) is 4. The topological polar surface area (TPSA) is 89.9 Å². The van der Waals surface area contributed by atoms with Gasteiger partial charge in [0.05, 0.1) is 12.6 Å². The van der Waals surface area contributed by atoms with Crippen LogP contribution in [0.1, 0.15) is 21.7 Å². The zero-order valence-corrected chi connectivity index (χ0v) is 12.2. The molecule has 0 spiro atoms. The standard InChI is InChI=1S/C13H18N2O4S/c1-7-3-10(20-8(7)2)5-14-13(19)15-6-9(16)4-11(15)12(17)18/h3,9,11,16H,4-6H2,1-2H3,(H,14,19)(H,17,18). The summed E-state index contributed by atoms with van der Waals surface area (Å²) in [5.74, 6) is -1.08. The number of rotatable bonds is 3. The summed E-state index contributed by atoms with van der Waals surface area (Å²) < 4.78 is 0. The van der Waals surface area contributed by atoms with Gasteiger partial charge in [-0.25, -0.2) is 9.59 Å². The Hall–Kier alpha value is -1.60. The molecule has 110 valence electrons. The minimum atomic E-state index is -1.08. The van der Waals surface area contributed by atoms with Gasteiger partial charge >= 0.3 is 12.0 Å². The van der Waals surface area contributed by atoms with E-state index in [1.165, 1.54) is 15.3 Å². The number of carboxylic acids is 1. The summed E-state index contributed by atoms with van der Waals surface area (Å²) in [7, 11) is 0. The van der Waals surface area contributed by atoms with Crippen molar-refractivity contribution in [1.29, 1.82) is 0 Å². The molecule has 20 heavy (non-hydrogen) atoms. The Morgan fingerprint density at radius 2 is 2.20 bits per heavy atom. The fourth-order valence-corrected chi connectivity index (χ4v) is 3.27. The van der Waals surface area contributed by atoms with Gasteiger partial charge in [0.25, 0.3) is 0 Å². The van der Waals surface area contributed by atoms with E-state index in [0.29, 0.717) is 6.54 Å². The van der Waals surface area contributed by atoms with Gasteiger partial charge in [0.15, 0.2) is 0 Å². The molecular formula is C13H18N2O4S. The second-order valence-electron chi connectivity index (χ2n) is 5.01. The Kier molecular flexibility index (Phi) is 4.29. The molecule has 6 nitrogen and oxygen atoms in total. The quantitative estimate of drug-likeness (QED) is 0.779. The number of urea groups is 1. The maximum atomic E-state index is 12.0. The summed E-state index contributed by atoms with van der Waals surface area (Å²) in [5.41, 5.74) is 1.18. The van der Waals surface area contributed by atoms with Gasteiger partial charge in [-0.1, -0.05) is 0 Å². The molecule has 2 rings (SSSR count). The normalized spacial score (nSPS) is 22.1.